The van der Waals surface area contributed by atoms with Crippen molar-refractivity contribution < 1.29 is 4.39 Å². The van der Waals surface area contributed by atoms with E-state index in [0.717, 1.165) is 33.8 Å². The Kier molecular flexibility index (Phi) is 4.76. The summed E-state index contributed by atoms with van der Waals surface area (Å²) in [5.41, 5.74) is 2.38. The first kappa shape index (κ1) is 19.1. The predicted octanol–water partition coefficient (Wildman–Crippen LogP) is 4.46. The number of rotatable bonds is 4. The fourth-order valence-corrected chi connectivity index (χ4v) is 4.40. The number of benzene rings is 3. The van der Waals surface area contributed by atoms with Gasteiger partial charge < -0.3 is 10.8 Å². The Morgan fingerprint density at radius 1 is 0.903 bits per heavy atom. The molecule has 0 aliphatic carbocycles. The zero-order valence-corrected chi connectivity index (χ0v) is 16.9. The summed E-state index contributed by atoms with van der Waals surface area (Å²) in [6, 6.07) is 23.5. The van der Waals surface area contributed by atoms with Crippen LogP contribution in [0, 0.1) is 5.82 Å². The number of pyridine rings is 1. The van der Waals surface area contributed by atoms with Gasteiger partial charge in [0, 0.05) is 16.5 Å². The van der Waals surface area contributed by atoms with E-state index in [1.165, 1.54) is 10.7 Å². The molecule has 0 aliphatic heterocycles. The lowest BCUT2D eigenvalue weighted by atomic mass is 10.0. The van der Waals surface area contributed by atoms with E-state index in [1.807, 2.05) is 54.6 Å². The molecule has 3 aromatic carbocycles. The monoisotopic (exact) mass is 429 g/mol. The predicted molar refractivity (Wildman–Crippen MR) is 120 cm³/mol. The number of nitrogens with zero attached hydrogens (tertiary/aromatic N) is 3. The van der Waals surface area contributed by atoms with Crippen LogP contribution in [0.4, 0.5) is 4.39 Å². The highest BCUT2D eigenvalue weighted by Gasteiger charge is 2.21. The smallest absolute Gasteiger partial charge is 0.263 e. The molecular formula is C23H16FN5OS. The highest BCUT2D eigenvalue weighted by atomic mass is 32.2. The summed E-state index contributed by atoms with van der Waals surface area (Å²) in [6.07, 6.45) is 0. The van der Waals surface area contributed by atoms with E-state index in [4.69, 9.17) is 5.84 Å². The maximum absolute atomic E-state index is 14.2. The number of nitrogen functional groups attached to an aromatic ring is 1. The minimum absolute atomic E-state index is 0.180. The molecule has 3 N–H and O–H groups in total. The molecule has 5 rings (SSSR count). The van der Waals surface area contributed by atoms with Gasteiger partial charge in [-0.3, -0.25) is 4.79 Å². The average molecular weight is 429 g/mol. The first-order valence-electron chi connectivity index (χ1n) is 9.47. The summed E-state index contributed by atoms with van der Waals surface area (Å²) in [5.74, 6) is 5.92. The lowest BCUT2D eigenvalue weighted by molar-refractivity contribution is 0.629. The maximum Gasteiger partial charge on any atom is 0.263 e. The minimum Gasteiger partial charge on any atom is -0.335 e. The molecule has 0 amide bonds. The molecule has 8 heteroatoms. The summed E-state index contributed by atoms with van der Waals surface area (Å²) < 4.78 is 15.4. The molecule has 31 heavy (non-hydrogen) atoms. The zero-order valence-electron chi connectivity index (χ0n) is 16.1. The number of nitrogens with two attached hydrogens (primary N) is 1. The summed E-state index contributed by atoms with van der Waals surface area (Å²) in [7, 11) is 0. The standard InChI is InChI=1S/C23H16FN5OS/c24-17-12-6-4-10-15(17)21-27-28-23(29(21)25)31-20-19(14-8-2-1-3-9-14)16-11-5-7-13-18(16)26-22(20)30/h1-13H,25H2,(H,26,30). The minimum atomic E-state index is -0.452. The molecule has 0 saturated carbocycles. The fourth-order valence-electron chi connectivity index (χ4n) is 3.48. The molecule has 0 unspecified atom stereocenters. The van der Waals surface area contributed by atoms with E-state index in [1.54, 1.807) is 18.2 Å². The van der Waals surface area contributed by atoms with Crippen LogP contribution in [0.2, 0.25) is 0 Å². The molecule has 0 bridgehead atoms. The number of hydrogen-bond acceptors (Lipinski definition) is 5. The molecule has 0 radical (unpaired) electrons. The van der Waals surface area contributed by atoms with E-state index < -0.39 is 5.82 Å². The zero-order chi connectivity index (χ0) is 21.4. The Bertz CT molecular complexity index is 1460. The van der Waals surface area contributed by atoms with Gasteiger partial charge in [0.2, 0.25) is 5.16 Å². The summed E-state index contributed by atoms with van der Waals surface area (Å²) in [4.78, 5) is 16.4. The van der Waals surface area contributed by atoms with Crippen LogP contribution >= 0.6 is 11.8 Å². The van der Waals surface area contributed by atoms with Crippen molar-refractivity contribution in [1.82, 2.24) is 19.9 Å². The highest BCUT2D eigenvalue weighted by molar-refractivity contribution is 7.99. The van der Waals surface area contributed by atoms with E-state index in [-0.39, 0.29) is 22.1 Å². The van der Waals surface area contributed by atoms with Crippen LogP contribution in [0.15, 0.2) is 93.7 Å². The van der Waals surface area contributed by atoms with Crippen molar-refractivity contribution in [1.29, 1.82) is 0 Å². The van der Waals surface area contributed by atoms with Gasteiger partial charge in [-0.05, 0) is 35.5 Å². The van der Waals surface area contributed by atoms with Crippen molar-refractivity contribution >= 4 is 22.7 Å². The molecule has 0 aliphatic rings. The number of hydrogen-bond donors (Lipinski definition) is 2. The third-order valence-electron chi connectivity index (χ3n) is 4.91. The molecule has 5 aromatic rings. The normalized spacial score (nSPS) is 11.1. The van der Waals surface area contributed by atoms with Gasteiger partial charge in [0.1, 0.15) is 5.82 Å². The molecule has 0 saturated heterocycles. The quantitative estimate of drug-likeness (QED) is 0.412. The van der Waals surface area contributed by atoms with Crippen molar-refractivity contribution in [3.63, 3.8) is 0 Å². The molecule has 0 spiro atoms. The van der Waals surface area contributed by atoms with Crippen LogP contribution in [-0.2, 0) is 0 Å². The molecule has 6 nitrogen and oxygen atoms in total. The van der Waals surface area contributed by atoms with Crippen LogP contribution in [0.25, 0.3) is 33.4 Å². The molecule has 0 fully saturated rings. The van der Waals surface area contributed by atoms with Gasteiger partial charge in [-0.15, -0.1) is 10.2 Å². The molecule has 0 atom stereocenters. The van der Waals surface area contributed by atoms with Crippen LogP contribution in [-0.4, -0.2) is 19.9 Å². The van der Waals surface area contributed by atoms with Gasteiger partial charge in [0.25, 0.3) is 5.56 Å². The van der Waals surface area contributed by atoms with E-state index in [0.29, 0.717) is 4.90 Å². The van der Waals surface area contributed by atoms with Crippen LogP contribution in [0.3, 0.4) is 0 Å². The van der Waals surface area contributed by atoms with Crippen molar-refractivity contribution in [3.05, 3.63) is 95.0 Å². The summed E-state index contributed by atoms with van der Waals surface area (Å²) in [6.45, 7) is 0. The van der Waals surface area contributed by atoms with Gasteiger partial charge in [0.15, 0.2) is 5.82 Å². The fraction of sp³-hybridized carbons (Fsp3) is 0. The Labute approximate surface area is 180 Å². The number of aromatic amines is 1. The third-order valence-corrected chi connectivity index (χ3v) is 5.97. The highest BCUT2D eigenvalue weighted by Crippen LogP contribution is 2.37. The number of halogens is 1. The summed E-state index contributed by atoms with van der Waals surface area (Å²) >= 11 is 1.10. The lowest BCUT2D eigenvalue weighted by Gasteiger charge is -2.12. The second-order valence-electron chi connectivity index (χ2n) is 6.83. The van der Waals surface area contributed by atoms with Crippen LogP contribution in [0.1, 0.15) is 0 Å². The SMILES string of the molecule is Nn1c(Sc2c(-c3ccccc3)c3ccccc3[nH]c2=O)nnc1-c1ccccc1F. The van der Waals surface area contributed by atoms with Crippen LogP contribution < -0.4 is 11.4 Å². The van der Waals surface area contributed by atoms with Gasteiger partial charge in [0.05, 0.1) is 10.5 Å². The second-order valence-corrected chi connectivity index (χ2v) is 7.81. The first-order valence-corrected chi connectivity index (χ1v) is 10.3. The first-order chi connectivity index (χ1) is 15.1. The van der Waals surface area contributed by atoms with E-state index >= 15 is 0 Å². The average Bonchev–Trinajstić information content (AvgIpc) is 3.15. The Balaban J connectivity index is 1.68. The van der Waals surface area contributed by atoms with E-state index in [2.05, 4.69) is 15.2 Å². The van der Waals surface area contributed by atoms with Gasteiger partial charge >= 0.3 is 0 Å². The molecule has 2 heterocycles. The Morgan fingerprint density at radius 2 is 1.61 bits per heavy atom. The molecule has 152 valence electrons. The number of H-pyrrole nitrogens is 1. The van der Waals surface area contributed by atoms with Crippen LogP contribution in [0.5, 0.6) is 0 Å². The second kappa shape index (κ2) is 7.73. The largest absolute Gasteiger partial charge is 0.335 e. The third kappa shape index (κ3) is 3.36. The number of para-hydroxylation sites is 1. The Hall–Kier alpha value is -3.91. The van der Waals surface area contributed by atoms with E-state index in [9.17, 15) is 9.18 Å². The topological polar surface area (TPSA) is 89.6 Å². The molecule has 2 aromatic heterocycles. The lowest BCUT2D eigenvalue weighted by Crippen LogP contribution is -2.14. The number of nitrogens with one attached hydrogen (secondary N) is 1. The summed E-state index contributed by atoms with van der Waals surface area (Å²) in [5, 5.41) is 9.34. The van der Waals surface area contributed by atoms with Gasteiger partial charge in [-0.25, -0.2) is 9.07 Å². The van der Waals surface area contributed by atoms with Gasteiger partial charge in [-0.2, -0.15) is 0 Å². The van der Waals surface area contributed by atoms with Gasteiger partial charge in [-0.1, -0.05) is 60.7 Å². The number of aromatic nitrogens is 4. The van der Waals surface area contributed by atoms with Crippen molar-refractivity contribution in [2.75, 3.05) is 5.84 Å². The van der Waals surface area contributed by atoms with Crippen molar-refractivity contribution in [3.8, 4) is 22.5 Å². The molecular weight excluding hydrogens is 413 g/mol. The maximum atomic E-state index is 14.2. The van der Waals surface area contributed by atoms with Crippen molar-refractivity contribution in [2.24, 2.45) is 0 Å². The Morgan fingerprint density at radius 3 is 2.42 bits per heavy atom. The van der Waals surface area contributed by atoms with Crippen molar-refractivity contribution in [2.45, 2.75) is 10.1 Å². The number of fused-ring (bicyclic) bond motifs is 1.